The largest absolute Gasteiger partial charge is 0.506 e. The Labute approximate surface area is 303 Å². The molecule has 0 saturated carbocycles. The Bertz CT molecular complexity index is 1940. The number of nitro groups is 1. The van der Waals surface area contributed by atoms with E-state index in [0.717, 1.165) is 24.3 Å². The number of nitrogens with one attached hydrogen (secondary N) is 1. The van der Waals surface area contributed by atoms with E-state index in [0.29, 0.717) is 32.9 Å². The van der Waals surface area contributed by atoms with Crippen molar-refractivity contribution in [1.29, 1.82) is 5.26 Å². The lowest BCUT2D eigenvalue weighted by molar-refractivity contribution is -0.385. The summed E-state index contributed by atoms with van der Waals surface area (Å²) >= 11 is 12.0. The van der Waals surface area contributed by atoms with Gasteiger partial charge < -0.3 is 25.6 Å². The van der Waals surface area contributed by atoms with E-state index >= 15 is 0 Å². The van der Waals surface area contributed by atoms with Gasteiger partial charge in [0.1, 0.15) is 28.9 Å². The number of benzene rings is 3. The molecule has 0 aliphatic heterocycles. The van der Waals surface area contributed by atoms with Gasteiger partial charge in [-0.2, -0.15) is 18.4 Å². The maximum atomic E-state index is 12.7. The normalized spacial score (nSPS) is 12.7. The number of carboxylic acid groups (broad SMARTS) is 1. The number of rotatable bonds is 9. The zero-order valence-corrected chi connectivity index (χ0v) is 31.0. The molecule has 1 amide bonds. The average molecular weight is 897 g/mol. The molecule has 0 heterocycles. The van der Waals surface area contributed by atoms with Crippen LogP contribution in [0.4, 0.5) is 18.9 Å². The maximum absolute atomic E-state index is 12.7. The van der Waals surface area contributed by atoms with Crippen LogP contribution in [0.3, 0.4) is 0 Å². The van der Waals surface area contributed by atoms with Crippen LogP contribution in [-0.4, -0.2) is 65.4 Å². The number of sulfonamides is 1. The second-order valence-electron chi connectivity index (χ2n) is 9.79. The first-order valence-corrected chi connectivity index (χ1v) is 19.1. The third kappa shape index (κ3) is 15.4. The minimum absolute atomic E-state index is 0.0412. The number of nitro benzene ring substituents is 1. The van der Waals surface area contributed by atoms with Gasteiger partial charge in [-0.1, -0.05) is 11.6 Å². The number of carbonyl (C=O) groups is 2. The molecule has 0 fully saturated rings. The third-order valence-corrected chi connectivity index (χ3v) is 8.64. The monoisotopic (exact) mass is 894 g/mol. The van der Waals surface area contributed by atoms with Crippen molar-refractivity contribution in [2.75, 3.05) is 19.1 Å². The molecule has 272 valence electrons. The van der Waals surface area contributed by atoms with Gasteiger partial charge in [0.05, 0.1) is 42.3 Å². The molecule has 0 bridgehead atoms. The predicted molar refractivity (Wildman–Crippen MR) is 181 cm³/mol. The molecule has 3 aromatic rings. The molecule has 0 radical (unpaired) electrons. The fraction of sp³-hybridized carbons (Fsp3) is 0.222. The summed E-state index contributed by atoms with van der Waals surface area (Å²) in [4.78, 5) is 41.0. The number of carbonyl (C=O) groups excluding carboxylic acids is 1. The summed E-state index contributed by atoms with van der Waals surface area (Å²) in [6.45, 7) is 1.18. The standard InChI is InChI=1S/C15H10ClF3N2O6S.C7H3Br2NO.C5H12NO4P/c1-28(25,26)20-14(22)10-7-9(3-4-12(10)21(23)24)27-13-5-2-8(6-11(13)16)15(17,18)19;8-5-1-4(3-10)2-6(9)7(5)11;1-11(9,10)3-2-4(6)5(7)8/h2-7H,1H3,(H,20,22);1-2,11H;4H,2-3,6H2,1H3,(H,7,8)(H,9,10). The summed E-state index contributed by atoms with van der Waals surface area (Å²) in [6.07, 6.45) is -3.94. The van der Waals surface area contributed by atoms with Crippen molar-refractivity contribution >= 4 is 78.4 Å². The first kappa shape index (κ1) is 44.3. The fourth-order valence-corrected chi connectivity index (χ4v) is 5.77. The number of hydrogen-bond acceptors (Lipinski definition) is 11. The van der Waals surface area contributed by atoms with Crippen LogP contribution in [0.25, 0.3) is 0 Å². The highest BCUT2D eigenvalue weighted by molar-refractivity contribution is 9.11. The molecule has 50 heavy (non-hydrogen) atoms. The molecular weight excluding hydrogens is 872 g/mol. The van der Waals surface area contributed by atoms with Gasteiger partial charge >= 0.3 is 12.1 Å². The summed E-state index contributed by atoms with van der Waals surface area (Å²) in [6, 6.07) is 9.13. The van der Waals surface area contributed by atoms with Gasteiger partial charge in [-0.15, -0.1) is 0 Å². The van der Waals surface area contributed by atoms with E-state index in [9.17, 15) is 51.0 Å². The van der Waals surface area contributed by atoms with Crippen LogP contribution in [0, 0.1) is 21.4 Å². The predicted octanol–water partition coefficient (Wildman–Crippen LogP) is 6.23. The number of nitriles is 1. The van der Waals surface area contributed by atoms with Crippen molar-refractivity contribution in [3.05, 3.63) is 89.3 Å². The Morgan fingerprint density at radius 2 is 1.74 bits per heavy atom. The quantitative estimate of drug-likeness (QED) is 0.0908. The maximum Gasteiger partial charge on any atom is 0.416 e. The van der Waals surface area contributed by atoms with Gasteiger partial charge in [0.15, 0.2) is 7.37 Å². The van der Waals surface area contributed by atoms with Crippen molar-refractivity contribution in [3.63, 3.8) is 0 Å². The molecular formula is C27H25Br2ClF3N4O11PS. The zero-order chi connectivity index (χ0) is 38.8. The topological polar surface area (TPSA) is 260 Å². The lowest BCUT2D eigenvalue weighted by Crippen LogP contribution is -2.30. The molecule has 0 aromatic heterocycles. The SMILES string of the molecule is CP(=O)(O)CCC(N)C(=O)O.CS(=O)(=O)NC(=O)c1cc(Oc2ccc(C(F)(F)F)cc2Cl)ccc1[N+](=O)[O-].N#Cc1cc(Br)c(O)c(Br)c1. The molecule has 0 saturated heterocycles. The summed E-state index contributed by atoms with van der Waals surface area (Å²) in [5.74, 6) is -2.70. The second kappa shape index (κ2) is 18.5. The van der Waals surface area contributed by atoms with E-state index in [1.54, 1.807) is 16.9 Å². The minimum Gasteiger partial charge on any atom is -0.506 e. The van der Waals surface area contributed by atoms with Gasteiger partial charge in [0.25, 0.3) is 11.6 Å². The Balaban J connectivity index is 0.000000464. The highest BCUT2D eigenvalue weighted by Crippen LogP contribution is 2.38. The molecule has 0 aliphatic carbocycles. The molecule has 2 unspecified atom stereocenters. The number of alkyl halides is 3. The second-order valence-corrected chi connectivity index (χ2v) is 16.2. The Kier molecular flexibility index (Phi) is 16.3. The van der Waals surface area contributed by atoms with Crippen LogP contribution in [-0.2, 0) is 25.6 Å². The van der Waals surface area contributed by atoms with E-state index in [4.69, 9.17) is 37.3 Å². The molecule has 23 heteroatoms. The molecule has 0 aliphatic rings. The number of amides is 1. The summed E-state index contributed by atoms with van der Waals surface area (Å²) in [5.41, 5.74) is 3.25. The Morgan fingerprint density at radius 1 is 1.18 bits per heavy atom. The summed E-state index contributed by atoms with van der Waals surface area (Å²) < 4.78 is 78.9. The van der Waals surface area contributed by atoms with Gasteiger partial charge in [-0.05, 0) is 74.7 Å². The first-order valence-electron chi connectivity index (χ1n) is 13.0. The number of hydrogen-bond donors (Lipinski definition) is 5. The van der Waals surface area contributed by atoms with Crippen LogP contribution in [0.15, 0.2) is 57.5 Å². The van der Waals surface area contributed by atoms with Crippen LogP contribution >= 0.6 is 50.8 Å². The van der Waals surface area contributed by atoms with E-state index < -0.39 is 68.2 Å². The Hall–Kier alpha value is -3.77. The number of carboxylic acids is 1. The summed E-state index contributed by atoms with van der Waals surface area (Å²) in [7, 11) is -7.10. The number of halogens is 6. The van der Waals surface area contributed by atoms with Crippen LogP contribution in [0.2, 0.25) is 5.02 Å². The first-order chi connectivity index (χ1) is 22.7. The molecule has 0 spiro atoms. The van der Waals surface area contributed by atoms with Gasteiger partial charge in [-0.3, -0.25) is 24.3 Å². The van der Waals surface area contributed by atoms with E-state index in [1.807, 2.05) is 6.07 Å². The summed E-state index contributed by atoms with van der Waals surface area (Å²) in [5, 5.41) is 36.7. The highest BCUT2D eigenvalue weighted by atomic mass is 79.9. The number of ether oxygens (including phenoxy) is 1. The lowest BCUT2D eigenvalue weighted by Gasteiger charge is -2.12. The highest BCUT2D eigenvalue weighted by Gasteiger charge is 2.31. The molecule has 3 aromatic carbocycles. The number of nitrogens with two attached hydrogens (primary N) is 1. The third-order valence-electron chi connectivity index (χ3n) is 5.49. The van der Waals surface area contributed by atoms with Crippen molar-refractivity contribution < 1.29 is 60.5 Å². The van der Waals surface area contributed by atoms with Crippen LogP contribution in [0.1, 0.15) is 27.9 Å². The molecule has 6 N–H and O–H groups in total. The van der Waals surface area contributed by atoms with Crippen LogP contribution < -0.4 is 15.2 Å². The van der Waals surface area contributed by atoms with Crippen molar-refractivity contribution in [1.82, 2.24) is 4.72 Å². The van der Waals surface area contributed by atoms with Crippen LogP contribution in [0.5, 0.6) is 17.2 Å². The number of phenols is 1. The zero-order valence-electron chi connectivity index (χ0n) is 25.3. The molecule has 2 atom stereocenters. The van der Waals surface area contributed by atoms with Crippen molar-refractivity contribution in [3.8, 4) is 23.3 Å². The number of aromatic hydroxyl groups is 1. The van der Waals surface area contributed by atoms with Crippen molar-refractivity contribution in [2.45, 2.75) is 18.6 Å². The van der Waals surface area contributed by atoms with Crippen molar-refractivity contribution in [2.24, 2.45) is 5.73 Å². The minimum atomic E-state index is -4.62. The number of aliphatic carboxylic acids is 1. The van der Waals surface area contributed by atoms with E-state index in [-0.39, 0.29) is 29.8 Å². The number of phenolic OH excluding ortho intramolecular Hbond substituents is 1. The van der Waals surface area contributed by atoms with Gasteiger partial charge in [0.2, 0.25) is 10.0 Å². The van der Waals surface area contributed by atoms with E-state index in [2.05, 4.69) is 31.9 Å². The molecule has 3 rings (SSSR count). The molecule has 15 nitrogen and oxygen atoms in total. The van der Waals surface area contributed by atoms with Gasteiger partial charge in [0, 0.05) is 25.0 Å². The average Bonchev–Trinajstić information content (AvgIpc) is 2.98. The number of nitrogens with zero attached hydrogens (tertiary/aromatic N) is 2. The smallest absolute Gasteiger partial charge is 0.416 e. The van der Waals surface area contributed by atoms with Gasteiger partial charge in [-0.25, -0.2) is 13.1 Å². The van der Waals surface area contributed by atoms with E-state index in [1.165, 1.54) is 6.66 Å². The lowest BCUT2D eigenvalue weighted by atomic mass is 10.1. The Morgan fingerprint density at radius 3 is 2.16 bits per heavy atom. The fourth-order valence-electron chi connectivity index (χ4n) is 3.16.